The lowest BCUT2D eigenvalue weighted by atomic mass is 9.87. The van der Waals surface area contributed by atoms with E-state index < -0.39 is 17.4 Å². The number of hydrogen-bond donors (Lipinski definition) is 1. The average molecular weight is 331 g/mol. The number of carbonyl (C=O) groups excluding carboxylic acids is 2. The third-order valence-electron chi connectivity index (χ3n) is 4.54. The van der Waals surface area contributed by atoms with Gasteiger partial charge in [-0.1, -0.05) is 24.2 Å². The van der Waals surface area contributed by atoms with Gasteiger partial charge in [-0.25, -0.2) is 9.18 Å². The van der Waals surface area contributed by atoms with Crippen molar-refractivity contribution in [1.29, 1.82) is 0 Å². The normalized spacial score (nSPS) is 20.6. The van der Waals surface area contributed by atoms with E-state index in [2.05, 4.69) is 10.5 Å². The van der Waals surface area contributed by atoms with Gasteiger partial charge >= 0.3 is 6.03 Å². The van der Waals surface area contributed by atoms with Gasteiger partial charge in [0.25, 0.3) is 5.91 Å². The van der Waals surface area contributed by atoms with Gasteiger partial charge in [-0.05, 0) is 38.0 Å². The molecule has 24 heavy (non-hydrogen) atoms. The second-order valence-corrected chi connectivity index (χ2v) is 5.89. The predicted octanol–water partition coefficient (Wildman–Crippen LogP) is 2.79. The van der Waals surface area contributed by atoms with E-state index in [9.17, 15) is 14.0 Å². The van der Waals surface area contributed by atoms with Crippen LogP contribution in [0.25, 0.3) is 0 Å². The zero-order valence-corrected chi connectivity index (χ0v) is 13.7. The summed E-state index contributed by atoms with van der Waals surface area (Å²) in [5.41, 5.74) is 0.739. The lowest BCUT2D eigenvalue weighted by Crippen LogP contribution is -2.43. The van der Waals surface area contributed by atoms with Crippen LogP contribution >= 0.6 is 0 Å². The quantitative estimate of drug-likeness (QED) is 0.874. The molecule has 0 spiro atoms. The number of aryl methyl sites for hydroxylation is 2. The van der Waals surface area contributed by atoms with Crippen LogP contribution in [0, 0.1) is 19.7 Å². The Labute approximate surface area is 138 Å². The number of nitrogens with one attached hydrogen (secondary N) is 1. The predicted molar refractivity (Wildman–Crippen MR) is 83.4 cm³/mol. The number of benzene rings is 1. The minimum Gasteiger partial charge on any atom is -0.361 e. The highest BCUT2D eigenvalue weighted by Gasteiger charge is 2.51. The zero-order valence-electron chi connectivity index (χ0n) is 13.7. The minimum atomic E-state index is -1.18. The summed E-state index contributed by atoms with van der Waals surface area (Å²) in [6.45, 7) is 5.40. The summed E-state index contributed by atoms with van der Waals surface area (Å²) in [6, 6.07) is 5.13. The van der Waals surface area contributed by atoms with Gasteiger partial charge in [0.1, 0.15) is 17.1 Å². The van der Waals surface area contributed by atoms with Crippen LogP contribution in [0.3, 0.4) is 0 Å². The third-order valence-corrected chi connectivity index (χ3v) is 4.54. The van der Waals surface area contributed by atoms with Gasteiger partial charge in [0.15, 0.2) is 0 Å². The molecule has 1 aromatic heterocycles. The first kappa shape index (κ1) is 16.2. The second kappa shape index (κ2) is 5.74. The van der Waals surface area contributed by atoms with Gasteiger partial charge < -0.3 is 9.84 Å². The standard InChI is InChI=1S/C17H18FN3O3/c1-4-17(12-5-7-13(18)8-6-12)15(22)21(16(23)19-17)9-14-10(2)20-24-11(14)3/h5-8H,4,9H2,1-3H3,(H,19,23)/t17-/m0/s1. The molecule has 1 saturated heterocycles. The van der Waals surface area contributed by atoms with E-state index >= 15 is 0 Å². The summed E-state index contributed by atoms with van der Waals surface area (Å²) in [5, 5.41) is 6.61. The van der Waals surface area contributed by atoms with Crippen molar-refractivity contribution in [2.45, 2.75) is 39.3 Å². The van der Waals surface area contributed by atoms with E-state index in [-0.39, 0.29) is 12.5 Å². The monoisotopic (exact) mass is 331 g/mol. The Bertz CT molecular complexity index is 780. The Morgan fingerprint density at radius 2 is 1.92 bits per heavy atom. The molecule has 3 rings (SSSR count). The molecular formula is C17H18FN3O3. The van der Waals surface area contributed by atoms with Crippen LogP contribution in [0.2, 0.25) is 0 Å². The summed E-state index contributed by atoms with van der Waals surface area (Å²) < 4.78 is 18.3. The van der Waals surface area contributed by atoms with Crippen LogP contribution in [0.4, 0.5) is 9.18 Å². The van der Waals surface area contributed by atoms with Crippen molar-refractivity contribution < 1.29 is 18.5 Å². The number of halogens is 1. The van der Waals surface area contributed by atoms with E-state index in [4.69, 9.17) is 4.52 Å². The van der Waals surface area contributed by atoms with Crippen molar-refractivity contribution in [3.05, 3.63) is 52.7 Å². The molecule has 6 nitrogen and oxygen atoms in total. The Morgan fingerprint density at radius 1 is 1.25 bits per heavy atom. The zero-order chi connectivity index (χ0) is 17.5. The molecule has 126 valence electrons. The highest BCUT2D eigenvalue weighted by atomic mass is 19.1. The van der Waals surface area contributed by atoms with Crippen molar-refractivity contribution in [2.24, 2.45) is 0 Å². The van der Waals surface area contributed by atoms with Crippen LogP contribution < -0.4 is 5.32 Å². The number of urea groups is 1. The van der Waals surface area contributed by atoms with Crippen LogP contribution in [0.5, 0.6) is 0 Å². The molecule has 2 aromatic rings. The summed E-state index contributed by atoms with van der Waals surface area (Å²) >= 11 is 0. The first-order chi connectivity index (χ1) is 11.4. The highest BCUT2D eigenvalue weighted by molar-refractivity contribution is 6.07. The maximum absolute atomic E-state index is 13.2. The van der Waals surface area contributed by atoms with Crippen LogP contribution in [0.1, 0.15) is 35.9 Å². The Kier molecular flexibility index (Phi) is 3.87. The van der Waals surface area contributed by atoms with Crippen LogP contribution in [0.15, 0.2) is 28.8 Å². The molecule has 0 aliphatic carbocycles. The molecule has 1 aliphatic heterocycles. The third kappa shape index (κ3) is 2.36. The topological polar surface area (TPSA) is 75.4 Å². The lowest BCUT2D eigenvalue weighted by Gasteiger charge is -2.25. The van der Waals surface area contributed by atoms with Crippen molar-refractivity contribution in [1.82, 2.24) is 15.4 Å². The number of nitrogens with zero attached hydrogens (tertiary/aromatic N) is 2. The highest BCUT2D eigenvalue weighted by Crippen LogP contribution is 2.33. The minimum absolute atomic E-state index is 0.0920. The molecule has 0 radical (unpaired) electrons. The molecule has 0 unspecified atom stereocenters. The molecule has 0 saturated carbocycles. The van der Waals surface area contributed by atoms with Crippen molar-refractivity contribution in [3.63, 3.8) is 0 Å². The number of hydrogen-bond acceptors (Lipinski definition) is 4. The van der Waals surface area contributed by atoms with Gasteiger partial charge in [0, 0.05) is 5.56 Å². The number of carbonyl (C=O) groups is 2. The van der Waals surface area contributed by atoms with E-state index in [1.165, 1.54) is 24.3 Å². The molecule has 7 heteroatoms. The molecular weight excluding hydrogens is 313 g/mol. The first-order valence-corrected chi connectivity index (χ1v) is 7.71. The van der Waals surface area contributed by atoms with E-state index in [1.54, 1.807) is 20.8 Å². The Balaban J connectivity index is 1.96. The van der Waals surface area contributed by atoms with E-state index in [0.29, 0.717) is 29.0 Å². The Hall–Kier alpha value is -2.70. The summed E-state index contributed by atoms with van der Waals surface area (Å²) in [5.74, 6) is -0.181. The number of imide groups is 1. The maximum atomic E-state index is 13.2. The van der Waals surface area contributed by atoms with Crippen molar-refractivity contribution in [3.8, 4) is 0 Å². The van der Waals surface area contributed by atoms with E-state index in [1.807, 2.05) is 0 Å². The second-order valence-electron chi connectivity index (χ2n) is 5.89. The summed E-state index contributed by atoms with van der Waals surface area (Å²) in [7, 11) is 0. The van der Waals surface area contributed by atoms with Gasteiger partial charge in [0.2, 0.25) is 0 Å². The number of rotatable bonds is 4. The smallest absolute Gasteiger partial charge is 0.325 e. The fraction of sp³-hybridized carbons (Fsp3) is 0.353. The fourth-order valence-electron chi connectivity index (χ4n) is 3.03. The van der Waals surface area contributed by atoms with Gasteiger partial charge in [-0.15, -0.1) is 0 Å². The number of aromatic nitrogens is 1. The summed E-state index contributed by atoms with van der Waals surface area (Å²) in [6.07, 6.45) is 0.362. The molecule has 1 aromatic carbocycles. The molecule has 3 amide bonds. The summed E-state index contributed by atoms with van der Waals surface area (Å²) in [4.78, 5) is 26.6. The van der Waals surface area contributed by atoms with Crippen molar-refractivity contribution >= 4 is 11.9 Å². The SMILES string of the molecule is CC[C@@]1(c2ccc(F)cc2)NC(=O)N(Cc2c(C)noc2C)C1=O. The molecule has 1 N–H and O–H groups in total. The van der Waals surface area contributed by atoms with Gasteiger partial charge in [0.05, 0.1) is 12.2 Å². The van der Waals surface area contributed by atoms with Crippen LogP contribution in [-0.4, -0.2) is 22.0 Å². The van der Waals surface area contributed by atoms with Crippen molar-refractivity contribution in [2.75, 3.05) is 0 Å². The maximum Gasteiger partial charge on any atom is 0.325 e. The molecule has 0 bridgehead atoms. The fourth-order valence-corrected chi connectivity index (χ4v) is 3.03. The molecule has 2 heterocycles. The number of amides is 3. The molecule has 1 fully saturated rings. The first-order valence-electron chi connectivity index (χ1n) is 7.71. The average Bonchev–Trinajstić information content (AvgIpc) is 3.01. The molecule has 1 aliphatic rings. The van der Waals surface area contributed by atoms with Gasteiger partial charge in [-0.3, -0.25) is 9.69 Å². The Morgan fingerprint density at radius 3 is 2.46 bits per heavy atom. The van der Waals surface area contributed by atoms with Gasteiger partial charge in [-0.2, -0.15) is 0 Å². The largest absolute Gasteiger partial charge is 0.361 e. The van der Waals surface area contributed by atoms with Crippen LogP contribution in [-0.2, 0) is 16.9 Å². The van der Waals surface area contributed by atoms with E-state index in [0.717, 1.165) is 4.90 Å². The lowest BCUT2D eigenvalue weighted by molar-refractivity contribution is -0.132. The molecule has 1 atom stereocenters.